The molecule has 9 heteroatoms. The van der Waals surface area contributed by atoms with Gasteiger partial charge in [-0.1, -0.05) is 12.7 Å². The lowest BCUT2D eigenvalue weighted by Gasteiger charge is -2.29. The molecule has 1 amide bonds. The van der Waals surface area contributed by atoms with E-state index in [1.54, 1.807) is 16.8 Å². The fourth-order valence-corrected chi connectivity index (χ4v) is 4.33. The number of halogens is 2. The number of anilines is 2. The fraction of sp³-hybridized carbons (Fsp3) is 0.259. The van der Waals surface area contributed by atoms with Gasteiger partial charge < -0.3 is 20.9 Å². The van der Waals surface area contributed by atoms with Crippen LogP contribution in [0.15, 0.2) is 49.2 Å². The lowest BCUT2D eigenvalue weighted by atomic mass is 9.98. The molecule has 36 heavy (non-hydrogen) atoms. The molecule has 1 aromatic heterocycles. The Kier molecular flexibility index (Phi) is 7.49. The summed E-state index contributed by atoms with van der Waals surface area (Å²) in [6.45, 7) is 8.03. The summed E-state index contributed by atoms with van der Waals surface area (Å²) in [5, 5.41) is 8.96. The predicted octanol–water partition coefficient (Wildman–Crippen LogP) is 4.66. The summed E-state index contributed by atoms with van der Waals surface area (Å²) in [6, 6.07) is 8.61. The van der Waals surface area contributed by atoms with Crippen molar-refractivity contribution < 1.29 is 13.6 Å². The second kappa shape index (κ2) is 10.7. The van der Waals surface area contributed by atoms with E-state index in [1.165, 1.54) is 25.4 Å². The van der Waals surface area contributed by atoms with E-state index >= 15 is 0 Å². The van der Waals surface area contributed by atoms with Gasteiger partial charge in [-0.15, -0.1) is 0 Å². The summed E-state index contributed by atoms with van der Waals surface area (Å²) in [7, 11) is 3.40. The molecule has 3 aromatic rings. The maximum absolute atomic E-state index is 14.8. The van der Waals surface area contributed by atoms with Crippen LogP contribution in [0.3, 0.4) is 0 Å². The molecule has 0 unspecified atom stereocenters. The van der Waals surface area contributed by atoms with Crippen molar-refractivity contribution in [3.05, 3.63) is 77.8 Å². The molecule has 1 aliphatic heterocycles. The predicted molar refractivity (Wildman–Crippen MR) is 141 cm³/mol. The number of hydrogen-bond acceptors (Lipinski definition) is 5. The van der Waals surface area contributed by atoms with Crippen LogP contribution in [0.5, 0.6) is 0 Å². The first kappa shape index (κ1) is 25.1. The Hall–Kier alpha value is -3.98. The third-order valence-electron chi connectivity index (χ3n) is 6.19. The molecule has 4 rings (SSSR count). The van der Waals surface area contributed by atoms with Crippen molar-refractivity contribution in [2.45, 2.75) is 13.3 Å². The SMILES string of the molecule is C=C(Nc1ccc2c(c1)CCN(CCNC)C2=O)c1ncc(-c2ccc(NC)c(F)c2F)n1/C=C\C. The van der Waals surface area contributed by atoms with Crippen molar-refractivity contribution in [1.82, 2.24) is 19.8 Å². The minimum absolute atomic E-state index is 0.0312. The van der Waals surface area contributed by atoms with Gasteiger partial charge in [-0.2, -0.15) is 0 Å². The first-order valence-electron chi connectivity index (χ1n) is 11.8. The van der Waals surface area contributed by atoms with Crippen molar-refractivity contribution in [2.24, 2.45) is 0 Å². The van der Waals surface area contributed by atoms with Gasteiger partial charge in [0.05, 0.1) is 23.3 Å². The summed E-state index contributed by atoms with van der Waals surface area (Å²) in [4.78, 5) is 19.1. The highest BCUT2D eigenvalue weighted by Crippen LogP contribution is 2.31. The molecule has 2 aromatic carbocycles. The highest BCUT2D eigenvalue weighted by Gasteiger charge is 2.24. The van der Waals surface area contributed by atoms with Crippen LogP contribution in [-0.4, -0.2) is 54.1 Å². The van der Waals surface area contributed by atoms with Crippen LogP contribution in [0.1, 0.15) is 28.7 Å². The van der Waals surface area contributed by atoms with Crippen LogP contribution < -0.4 is 16.0 Å². The first-order valence-corrected chi connectivity index (χ1v) is 11.8. The molecule has 0 aliphatic carbocycles. The van der Waals surface area contributed by atoms with Gasteiger partial charge in [0.2, 0.25) is 0 Å². The Morgan fingerprint density at radius 1 is 1.17 bits per heavy atom. The third kappa shape index (κ3) is 4.74. The molecule has 0 radical (unpaired) electrons. The number of nitrogens with zero attached hydrogens (tertiary/aromatic N) is 3. The van der Waals surface area contributed by atoms with Gasteiger partial charge in [0.1, 0.15) is 0 Å². The molecule has 0 bridgehead atoms. The molecule has 0 atom stereocenters. The van der Waals surface area contributed by atoms with E-state index in [9.17, 15) is 13.6 Å². The van der Waals surface area contributed by atoms with Crippen molar-refractivity contribution in [1.29, 1.82) is 0 Å². The molecular weight excluding hydrogens is 462 g/mol. The van der Waals surface area contributed by atoms with Gasteiger partial charge in [-0.3, -0.25) is 9.36 Å². The summed E-state index contributed by atoms with van der Waals surface area (Å²) >= 11 is 0. The van der Waals surface area contributed by atoms with Crippen molar-refractivity contribution >= 4 is 29.2 Å². The lowest BCUT2D eigenvalue weighted by Crippen LogP contribution is -2.41. The number of amides is 1. The Bertz CT molecular complexity index is 1330. The molecule has 0 spiro atoms. The monoisotopic (exact) mass is 492 g/mol. The second-order valence-corrected chi connectivity index (χ2v) is 8.48. The van der Waals surface area contributed by atoms with E-state index in [-0.39, 0.29) is 17.2 Å². The average Bonchev–Trinajstić information content (AvgIpc) is 3.29. The number of carbonyl (C=O) groups excluding carboxylic acids is 1. The molecule has 188 valence electrons. The number of fused-ring (bicyclic) bond motifs is 1. The number of nitrogens with one attached hydrogen (secondary N) is 3. The van der Waals surface area contributed by atoms with E-state index in [0.717, 1.165) is 24.2 Å². The molecule has 7 nitrogen and oxygen atoms in total. The van der Waals surface area contributed by atoms with Crippen molar-refractivity contribution in [3.8, 4) is 11.3 Å². The smallest absolute Gasteiger partial charge is 0.254 e. The first-order chi connectivity index (χ1) is 17.4. The van der Waals surface area contributed by atoms with Crippen molar-refractivity contribution in [2.75, 3.05) is 44.4 Å². The topological polar surface area (TPSA) is 74.2 Å². The number of allylic oxidation sites excluding steroid dienone is 1. The van der Waals surface area contributed by atoms with Crippen LogP contribution in [0.2, 0.25) is 0 Å². The Labute approximate surface area is 209 Å². The van der Waals surface area contributed by atoms with Gasteiger partial charge in [0.25, 0.3) is 5.91 Å². The van der Waals surface area contributed by atoms with Gasteiger partial charge in [-0.05, 0) is 56.3 Å². The summed E-state index contributed by atoms with van der Waals surface area (Å²) < 4.78 is 30.9. The lowest BCUT2D eigenvalue weighted by molar-refractivity contribution is 0.0742. The zero-order valence-corrected chi connectivity index (χ0v) is 20.7. The maximum atomic E-state index is 14.8. The van der Waals surface area contributed by atoms with Crippen LogP contribution in [0.4, 0.5) is 20.2 Å². The van der Waals surface area contributed by atoms with E-state index in [4.69, 9.17) is 0 Å². The molecule has 0 fully saturated rings. The average molecular weight is 493 g/mol. The molecule has 3 N–H and O–H groups in total. The summed E-state index contributed by atoms with van der Waals surface area (Å²) in [5.74, 6) is -1.42. The quantitative estimate of drug-likeness (QED) is 0.405. The molecule has 1 aliphatic rings. The molecule has 2 heterocycles. The highest BCUT2D eigenvalue weighted by atomic mass is 19.2. The van der Waals surface area contributed by atoms with Crippen LogP contribution in [-0.2, 0) is 6.42 Å². The number of rotatable bonds is 9. The summed E-state index contributed by atoms with van der Waals surface area (Å²) in [5.41, 5.74) is 3.48. The van der Waals surface area contributed by atoms with Crippen LogP contribution >= 0.6 is 0 Å². The molecule has 0 saturated heterocycles. The second-order valence-electron chi connectivity index (χ2n) is 8.48. The Balaban J connectivity index is 1.60. The number of carbonyl (C=O) groups is 1. The van der Waals surface area contributed by atoms with E-state index < -0.39 is 11.6 Å². The van der Waals surface area contributed by atoms with Crippen LogP contribution in [0.25, 0.3) is 23.2 Å². The van der Waals surface area contributed by atoms with E-state index in [1.807, 2.05) is 37.1 Å². The van der Waals surface area contributed by atoms with Gasteiger partial charge in [0, 0.05) is 49.7 Å². The molecular formula is C27H30F2N6O. The fourth-order valence-electron chi connectivity index (χ4n) is 4.33. The normalized spacial score (nSPS) is 13.2. The standard InChI is InChI=1S/C27H30F2N6O/c1-5-12-35-23(21-8-9-22(31-4)25(29)24(21)28)16-32-26(35)17(2)33-19-6-7-20-18(15-19)10-13-34(27(20)36)14-11-30-3/h5-9,12,15-16,30-31,33H,2,10-11,13-14H2,1,3-4H3/b12-5-. The number of likely N-dealkylation sites (N-methyl/N-ethyl adjacent to an activating group) is 1. The van der Waals surface area contributed by atoms with Gasteiger partial charge >= 0.3 is 0 Å². The largest absolute Gasteiger partial charge is 0.386 e. The van der Waals surface area contributed by atoms with Crippen LogP contribution in [0, 0.1) is 11.6 Å². The minimum atomic E-state index is -0.958. The number of benzene rings is 2. The third-order valence-corrected chi connectivity index (χ3v) is 6.19. The number of imidazole rings is 1. The number of aromatic nitrogens is 2. The maximum Gasteiger partial charge on any atom is 0.254 e. The Morgan fingerprint density at radius 3 is 2.67 bits per heavy atom. The van der Waals surface area contributed by atoms with Gasteiger partial charge in [0.15, 0.2) is 17.5 Å². The minimum Gasteiger partial charge on any atom is -0.386 e. The number of hydrogen-bond donors (Lipinski definition) is 3. The van der Waals surface area contributed by atoms with E-state index in [0.29, 0.717) is 35.9 Å². The summed E-state index contributed by atoms with van der Waals surface area (Å²) in [6.07, 6.45) is 5.75. The highest BCUT2D eigenvalue weighted by molar-refractivity contribution is 5.97. The van der Waals surface area contributed by atoms with Crippen molar-refractivity contribution in [3.63, 3.8) is 0 Å². The molecule has 0 saturated carbocycles. The van der Waals surface area contributed by atoms with E-state index in [2.05, 4.69) is 27.5 Å². The van der Waals surface area contributed by atoms with Gasteiger partial charge in [-0.25, -0.2) is 13.8 Å². The Morgan fingerprint density at radius 2 is 1.94 bits per heavy atom. The zero-order valence-electron chi connectivity index (χ0n) is 20.7. The zero-order chi connectivity index (χ0) is 25.8.